The summed E-state index contributed by atoms with van der Waals surface area (Å²) in [5.41, 5.74) is 4.30. The van der Waals surface area contributed by atoms with Gasteiger partial charge in [0.2, 0.25) is 0 Å². The first kappa shape index (κ1) is 22.2. The monoisotopic (exact) mass is 445 g/mol. The molecule has 1 fully saturated rings. The Morgan fingerprint density at radius 1 is 1.19 bits per heavy atom. The van der Waals surface area contributed by atoms with Crippen molar-refractivity contribution in [3.8, 4) is 6.07 Å². The molecule has 0 unspecified atom stereocenters. The highest BCUT2D eigenvalue weighted by molar-refractivity contribution is 6.30. The van der Waals surface area contributed by atoms with Crippen LogP contribution in [0.1, 0.15) is 49.4 Å². The predicted molar refractivity (Wildman–Crippen MR) is 130 cm³/mol. The number of nitrogens with zero attached hydrogens (tertiary/aromatic N) is 2. The topological polar surface area (TPSA) is 57.8 Å². The van der Waals surface area contributed by atoms with E-state index >= 15 is 0 Å². The van der Waals surface area contributed by atoms with E-state index in [2.05, 4.69) is 28.9 Å². The maximum atomic E-state index is 12.9. The van der Waals surface area contributed by atoms with Gasteiger partial charge in [-0.05, 0) is 55.5 Å². The van der Waals surface area contributed by atoms with Gasteiger partial charge in [-0.1, -0.05) is 61.7 Å². The smallest absolute Gasteiger partial charge is 0.262 e. The molecule has 0 saturated heterocycles. The third kappa shape index (κ3) is 4.59. The van der Waals surface area contributed by atoms with Crippen molar-refractivity contribution in [2.24, 2.45) is 5.92 Å². The van der Waals surface area contributed by atoms with Crippen molar-refractivity contribution in [2.75, 3.05) is 0 Å². The van der Waals surface area contributed by atoms with Crippen molar-refractivity contribution in [3.63, 3.8) is 0 Å². The molecule has 1 aromatic heterocycles. The molecule has 3 aromatic rings. The number of benzene rings is 2. The first-order valence-corrected chi connectivity index (χ1v) is 11.6. The molecule has 1 amide bonds. The van der Waals surface area contributed by atoms with Crippen molar-refractivity contribution in [1.29, 1.82) is 5.26 Å². The Labute approximate surface area is 194 Å². The first-order valence-electron chi connectivity index (χ1n) is 11.2. The number of carbonyl (C=O) groups is 1. The van der Waals surface area contributed by atoms with E-state index in [1.54, 1.807) is 6.08 Å². The van der Waals surface area contributed by atoms with Crippen molar-refractivity contribution in [2.45, 2.75) is 52.1 Å². The highest BCUT2D eigenvalue weighted by atomic mass is 35.5. The average molecular weight is 446 g/mol. The second-order valence-corrected chi connectivity index (χ2v) is 9.18. The Bertz CT molecular complexity index is 1200. The van der Waals surface area contributed by atoms with E-state index < -0.39 is 0 Å². The molecule has 0 radical (unpaired) electrons. The summed E-state index contributed by atoms with van der Waals surface area (Å²) in [6.07, 6.45) is 6.18. The number of amides is 1. The van der Waals surface area contributed by atoms with Gasteiger partial charge in [0.25, 0.3) is 5.91 Å². The van der Waals surface area contributed by atoms with Crippen LogP contribution in [0.25, 0.3) is 17.0 Å². The summed E-state index contributed by atoms with van der Waals surface area (Å²) in [6, 6.07) is 18.2. The van der Waals surface area contributed by atoms with Gasteiger partial charge >= 0.3 is 0 Å². The van der Waals surface area contributed by atoms with Crippen LogP contribution in [0.3, 0.4) is 0 Å². The molecule has 5 heteroatoms. The number of nitriles is 1. The molecule has 164 valence electrons. The first-order chi connectivity index (χ1) is 15.5. The Hall–Kier alpha value is -3.03. The minimum atomic E-state index is -0.278. The summed E-state index contributed by atoms with van der Waals surface area (Å²) >= 11 is 6.04. The molecule has 1 aliphatic carbocycles. The van der Waals surface area contributed by atoms with Crippen LogP contribution in [-0.4, -0.2) is 16.5 Å². The molecule has 1 N–H and O–H groups in total. The quantitative estimate of drug-likeness (QED) is 0.372. The lowest BCUT2D eigenvalue weighted by atomic mass is 9.86. The van der Waals surface area contributed by atoms with Crippen LogP contribution in [0.15, 0.2) is 54.1 Å². The van der Waals surface area contributed by atoms with Crippen LogP contribution in [-0.2, 0) is 11.3 Å². The molecular formula is C27H28ClN3O. The SMILES string of the molecule is Cc1c(/C=C(\C#N)C(=O)N[C@H]2CCCC[C@@H]2C)c2ccccc2n1Cc1ccc(Cl)cc1. The molecule has 1 saturated carbocycles. The number of aromatic nitrogens is 1. The number of hydrogen-bond donors (Lipinski definition) is 1. The molecule has 0 aliphatic heterocycles. The average Bonchev–Trinajstić information content (AvgIpc) is 3.06. The number of para-hydroxylation sites is 1. The second-order valence-electron chi connectivity index (χ2n) is 8.74. The molecule has 2 atom stereocenters. The Morgan fingerprint density at radius 3 is 2.62 bits per heavy atom. The Kier molecular flexibility index (Phi) is 6.67. The highest BCUT2D eigenvalue weighted by Gasteiger charge is 2.24. The zero-order valence-corrected chi connectivity index (χ0v) is 19.3. The van der Waals surface area contributed by atoms with Crippen LogP contribution in [0.5, 0.6) is 0 Å². The number of hydrogen-bond acceptors (Lipinski definition) is 2. The van der Waals surface area contributed by atoms with Gasteiger partial charge in [0.05, 0.1) is 0 Å². The predicted octanol–water partition coefficient (Wildman–Crippen LogP) is 6.25. The molecule has 4 rings (SSSR count). The molecule has 2 aromatic carbocycles. The molecule has 0 bridgehead atoms. The van der Waals surface area contributed by atoms with Crippen molar-refractivity contribution >= 4 is 34.5 Å². The lowest BCUT2D eigenvalue weighted by molar-refractivity contribution is -0.118. The maximum Gasteiger partial charge on any atom is 0.262 e. The molecule has 32 heavy (non-hydrogen) atoms. The normalized spacial score (nSPS) is 19.0. The van der Waals surface area contributed by atoms with Crippen LogP contribution in [0.4, 0.5) is 0 Å². The summed E-state index contributed by atoms with van der Waals surface area (Å²) in [5, 5.41) is 14.6. The van der Waals surface area contributed by atoms with E-state index in [1.807, 2.05) is 49.4 Å². The van der Waals surface area contributed by atoms with Crippen LogP contribution >= 0.6 is 11.6 Å². The Balaban J connectivity index is 1.69. The lowest BCUT2D eigenvalue weighted by Crippen LogP contribution is -2.41. The zero-order chi connectivity index (χ0) is 22.7. The fourth-order valence-corrected chi connectivity index (χ4v) is 4.81. The summed E-state index contributed by atoms with van der Waals surface area (Å²) in [6.45, 7) is 4.90. The van der Waals surface area contributed by atoms with Crippen LogP contribution in [0.2, 0.25) is 5.02 Å². The van der Waals surface area contributed by atoms with Crippen molar-refractivity contribution in [3.05, 3.63) is 75.9 Å². The van der Waals surface area contributed by atoms with Gasteiger partial charge in [-0.15, -0.1) is 0 Å². The second kappa shape index (κ2) is 9.63. The van der Waals surface area contributed by atoms with Gasteiger partial charge < -0.3 is 9.88 Å². The summed E-state index contributed by atoms with van der Waals surface area (Å²) < 4.78 is 2.22. The zero-order valence-electron chi connectivity index (χ0n) is 18.6. The van der Waals surface area contributed by atoms with Gasteiger partial charge in [0.15, 0.2) is 0 Å². The fraction of sp³-hybridized carbons (Fsp3) is 0.333. The number of rotatable bonds is 5. The number of halogens is 1. The van der Waals surface area contributed by atoms with Crippen LogP contribution < -0.4 is 5.32 Å². The molecule has 4 nitrogen and oxygen atoms in total. The molecule has 1 heterocycles. The summed E-state index contributed by atoms with van der Waals surface area (Å²) in [7, 11) is 0. The van der Waals surface area contributed by atoms with Crippen LogP contribution in [0, 0.1) is 24.2 Å². The standard InChI is InChI=1S/C27H28ClN3O/c1-18-7-3-5-9-25(18)30-27(32)21(16-29)15-24-19(2)31(26-10-6-4-8-23(24)26)17-20-11-13-22(28)14-12-20/h4,6,8,10-15,18,25H,3,5,7,9,17H2,1-2H3,(H,30,32)/b21-15+/t18-,25-/m0/s1. The van der Waals surface area contributed by atoms with Gasteiger partial charge in [-0.25, -0.2) is 0 Å². The highest BCUT2D eigenvalue weighted by Crippen LogP contribution is 2.29. The third-order valence-corrected chi connectivity index (χ3v) is 6.87. The molecule has 1 aliphatic rings. The maximum absolute atomic E-state index is 12.9. The van der Waals surface area contributed by atoms with E-state index in [0.29, 0.717) is 17.5 Å². The summed E-state index contributed by atoms with van der Waals surface area (Å²) in [5.74, 6) is 0.163. The minimum Gasteiger partial charge on any atom is -0.348 e. The van der Waals surface area contributed by atoms with Gasteiger partial charge in [0, 0.05) is 39.8 Å². The van der Waals surface area contributed by atoms with Gasteiger partial charge in [-0.3, -0.25) is 4.79 Å². The van der Waals surface area contributed by atoms with E-state index in [-0.39, 0.29) is 17.5 Å². The number of carbonyl (C=O) groups excluding carboxylic acids is 1. The molecule has 0 spiro atoms. The lowest BCUT2D eigenvalue weighted by Gasteiger charge is -2.29. The Morgan fingerprint density at radius 2 is 1.91 bits per heavy atom. The number of fused-ring (bicyclic) bond motifs is 1. The minimum absolute atomic E-state index is 0.139. The third-order valence-electron chi connectivity index (χ3n) is 6.62. The van der Waals surface area contributed by atoms with E-state index in [9.17, 15) is 10.1 Å². The van der Waals surface area contributed by atoms with E-state index in [4.69, 9.17) is 11.6 Å². The molecular weight excluding hydrogens is 418 g/mol. The van der Waals surface area contributed by atoms with Gasteiger partial charge in [0.1, 0.15) is 11.6 Å². The number of nitrogens with one attached hydrogen (secondary N) is 1. The van der Waals surface area contributed by atoms with Crippen molar-refractivity contribution in [1.82, 2.24) is 9.88 Å². The summed E-state index contributed by atoms with van der Waals surface area (Å²) in [4.78, 5) is 12.9. The largest absolute Gasteiger partial charge is 0.348 e. The van der Waals surface area contributed by atoms with E-state index in [0.717, 1.165) is 47.0 Å². The van der Waals surface area contributed by atoms with Crippen molar-refractivity contribution < 1.29 is 4.79 Å². The van der Waals surface area contributed by atoms with Gasteiger partial charge in [-0.2, -0.15) is 5.26 Å². The fourth-order valence-electron chi connectivity index (χ4n) is 4.69. The van der Waals surface area contributed by atoms with E-state index in [1.165, 1.54) is 6.42 Å².